The lowest BCUT2D eigenvalue weighted by molar-refractivity contribution is -0.144. The van der Waals surface area contributed by atoms with Gasteiger partial charge in [0.2, 0.25) is 0 Å². The van der Waals surface area contributed by atoms with E-state index < -0.39 is 6.10 Å². The highest BCUT2D eigenvalue weighted by Gasteiger charge is 2.26. The Morgan fingerprint density at radius 3 is 2.42 bits per heavy atom. The van der Waals surface area contributed by atoms with Crippen molar-refractivity contribution in [2.75, 3.05) is 20.3 Å². The van der Waals surface area contributed by atoms with Gasteiger partial charge < -0.3 is 14.7 Å². The molecule has 1 atom stereocenters. The monoisotopic (exact) mass is 265 g/mol. The van der Waals surface area contributed by atoms with Crippen LogP contribution in [0, 0.1) is 0 Å². The first-order valence-electron chi connectivity index (χ1n) is 6.61. The van der Waals surface area contributed by atoms with Gasteiger partial charge in [-0.15, -0.1) is 0 Å². The number of nitrogens with zero attached hydrogens (tertiary/aromatic N) is 1. The van der Waals surface area contributed by atoms with E-state index in [1.165, 1.54) is 0 Å². The topological polar surface area (TPSA) is 49.8 Å². The molecule has 1 N–H and O–H groups in total. The van der Waals surface area contributed by atoms with Crippen LogP contribution in [0.5, 0.6) is 0 Å². The molecule has 1 amide bonds. The molecule has 1 rings (SSSR count). The summed E-state index contributed by atoms with van der Waals surface area (Å²) in [4.78, 5) is 14.3. The van der Waals surface area contributed by atoms with Gasteiger partial charge in [0.15, 0.2) is 6.10 Å². The molecule has 106 valence electrons. The molecule has 0 radical (unpaired) electrons. The number of aliphatic hydroxyl groups is 1. The highest BCUT2D eigenvalue weighted by molar-refractivity contribution is 5.82. The Labute approximate surface area is 115 Å². The maximum Gasteiger partial charge on any atom is 0.256 e. The standard InChI is InChI=1S/C15H23NO3/c1-12(2)16(10-7-11-17)15(18)14(19-3)13-8-5-4-6-9-13/h4-6,8-9,12,14,17H,7,10-11H2,1-3H3. The van der Waals surface area contributed by atoms with E-state index in [1.807, 2.05) is 44.2 Å². The normalized spacial score (nSPS) is 12.5. The molecule has 4 heteroatoms. The van der Waals surface area contributed by atoms with Crippen molar-refractivity contribution in [2.45, 2.75) is 32.4 Å². The van der Waals surface area contributed by atoms with E-state index in [1.54, 1.807) is 12.0 Å². The summed E-state index contributed by atoms with van der Waals surface area (Å²) < 4.78 is 5.36. The number of amides is 1. The van der Waals surface area contributed by atoms with Crippen molar-refractivity contribution in [3.63, 3.8) is 0 Å². The minimum Gasteiger partial charge on any atom is -0.396 e. The first-order valence-corrected chi connectivity index (χ1v) is 6.61. The number of carbonyl (C=O) groups excluding carboxylic acids is 1. The van der Waals surface area contributed by atoms with E-state index in [0.29, 0.717) is 13.0 Å². The maximum absolute atomic E-state index is 12.5. The predicted octanol–water partition coefficient (Wildman–Crippen LogP) is 1.99. The van der Waals surface area contributed by atoms with E-state index in [9.17, 15) is 4.79 Å². The second-order valence-corrected chi connectivity index (χ2v) is 4.73. The molecule has 0 fully saturated rings. The van der Waals surface area contributed by atoms with Crippen molar-refractivity contribution in [1.82, 2.24) is 4.90 Å². The minimum absolute atomic E-state index is 0.0582. The largest absolute Gasteiger partial charge is 0.396 e. The molecule has 4 nitrogen and oxygen atoms in total. The van der Waals surface area contributed by atoms with E-state index in [4.69, 9.17) is 9.84 Å². The second kappa shape index (κ2) is 7.92. The molecule has 19 heavy (non-hydrogen) atoms. The van der Waals surface area contributed by atoms with Gasteiger partial charge in [-0.3, -0.25) is 4.79 Å². The van der Waals surface area contributed by atoms with Gasteiger partial charge in [-0.05, 0) is 25.8 Å². The summed E-state index contributed by atoms with van der Waals surface area (Å²) in [6.07, 6.45) is -0.00269. The molecule has 0 aromatic heterocycles. The lowest BCUT2D eigenvalue weighted by atomic mass is 10.1. The van der Waals surface area contributed by atoms with Crippen molar-refractivity contribution in [1.29, 1.82) is 0 Å². The Morgan fingerprint density at radius 1 is 1.32 bits per heavy atom. The molecule has 1 unspecified atom stereocenters. The SMILES string of the molecule is COC(C(=O)N(CCCO)C(C)C)c1ccccc1. The summed E-state index contributed by atoms with van der Waals surface area (Å²) in [5, 5.41) is 8.92. The van der Waals surface area contributed by atoms with Crippen LogP contribution in [-0.2, 0) is 9.53 Å². The summed E-state index contributed by atoms with van der Waals surface area (Å²) in [6, 6.07) is 9.55. The van der Waals surface area contributed by atoms with Crippen LogP contribution in [0.2, 0.25) is 0 Å². The average Bonchev–Trinajstić information content (AvgIpc) is 2.41. The molecular formula is C15H23NO3. The van der Waals surface area contributed by atoms with E-state index in [-0.39, 0.29) is 18.6 Å². The number of ether oxygens (including phenoxy) is 1. The summed E-state index contributed by atoms with van der Waals surface area (Å²) in [6.45, 7) is 4.55. The first-order chi connectivity index (χ1) is 9.11. The fraction of sp³-hybridized carbons (Fsp3) is 0.533. The molecule has 0 spiro atoms. The Kier molecular flexibility index (Phi) is 6.53. The molecule has 0 aliphatic rings. The lowest BCUT2D eigenvalue weighted by Crippen LogP contribution is -2.41. The second-order valence-electron chi connectivity index (χ2n) is 4.73. The van der Waals surface area contributed by atoms with Crippen LogP contribution in [-0.4, -0.2) is 42.2 Å². The number of carbonyl (C=O) groups is 1. The first kappa shape index (κ1) is 15.7. The van der Waals surface area contributed by atoms with Crippen molar-refractivity contribution in [2.24, 2.45) is 0 Å². The van der Waals surface area contributed by atoms with Crippen molar-refractivity contribution < 1.29 is 14.6 Å². The summed E-state index contributed by atoms with van der Waals surface area (Å²) >= 11 is 0. The third-order valence-corrected chi connectivity index (χ3v) is 3.03. The molecule has 1 aromatic carbocycles. The smallest absolute Gasteiger partial charge is 0.256 e. The molecule has 0 saturated carbocycles. The lowest BCUT2D eigenvalue weighted by Gasteiger charge is -2.30. The van der Waals surface area contributed by atoms with Gasteiger partial charge in [-0.2, -0.15) is 0 Å². The quantitative estimate of drug-likeness (QED) is 0.820. The Morgan fingerprint density at radius 2 is 1.95 bits per heavy atom. The zero-order valence-corrected chi connectivity index (χ0v) is 11.9. The van der Waals surface area contributed by atoms with Gasteiger partial charge in [0.1, 0.15) is 0 Å². The fourth-order valence-electron chi connectivity index (χ4n) is 2.02. The summed E-state index contributed by atoms with van der Waals surface area (Å²) in [5.74, 6) is -0.0582. The van der Waals surface area contributed by atoms with E-state index >= 15 is 0 Å². The number of rotatable bonds is 7. The third-order valence-electron chi connectivity index (χ3n) is 3.03. The number of hydrogen-bond acceptors (Lipinski definition) is 3. The van der Waals surface area contributed by atoms with Gasteiger partial charge >= 0.3 is 0 Å². The Balaban J connectivity index is 2.86. The number of hydrogen-bond donors (Lipinski definition) is 1. The highest BCUT2D eigenvalue weighted by atomic mass is 16.5. The predicted molar refractivity (Wildman–Crippen MR) is 74.7 cm³/mol. The Bertz CT molecular complexity index is 378. The minimum atomic E-state index is -0.581. The third kappa shape index (κ3) is 4.33. The van der Waals surface area contributed by atoms with Crippen molar-refractivity contribution in [3.8, 4) is 0 Å². The number of benzene rings is 1. The van der Waals surface area contributed by atoms with Crippen molar-refractivity contribution >= 4 is 5.91 Å². The average molecular weight is 265 g/mol. The van der Waals surface area contributed by atoms with Crippen LogP contribution in [0.1, 0.15) is 31.9 Å². The van der Waals surface area contributed by atoms with Gasteiger partial charge in [-0.1, -0.05) is 30.3 Å². The van der Waals surface area contributed by atoms with E-state index in [0.717, 1.165) is 5.56 Å². The maximum atomic E-state index is 12.5. The molecule has 0 saturated heterocycles. The fourth-order valence-corrected chi connectivity index (χ4v) is 2.02. The molecular weight excluding hydrogens is 242 g/mol. The summed E-state index contributed by atoms with van der Waals surface area (Å²) in [5.41, 5.74) is 0.852. The van der Waals surface area contributed by atoms with Crippen LogP contribution >= 0.6 is 0 Å². The molecule has 0 aliphatic heterocycles. The Hall–Kier alpha value is -1.39. The van der Waals surface area contributed by atoms with Gasteiger partial charge in [-0.25, -0.2) is 0 Å². The van der Waals surface area contributed by atoms with E-state index in [2.05, 4.69) is 0 Å². The van der Waals surface area contributed by atoms with Crippen molar-refractivity contribution in [3.05, 3.63) is 35.9 Å². The van der Waals surface area contributed by atoms with Gasteiger partial charge in [0.05, 0.1) is 0 Å². The van der Waals surface area contributed by atoms with Crippen LogP contribution in [0.15, 0.2) is 30.3 Å². The molecule has 0 aliphatic carbocycles. The number of methoxy groups -OCH3 is 1. The zero-order chi connectivity index (χ0) is 14.3. The van der Waals surface area contributed by atoms with Crippen LogP contribution in [0.4, 0.5) is 0 Å². The zero-order valence-electron chi connectivity index (χ0n) is 11.9. The van der Waals surface area contributed by atoms with Crippen LogP contribution in [0.25, 0.3) is 0 Å². The van der Waals surface area contributed by atoms with Crippen LogP contribution in [0.3, 0.4) is 0 Å². The summed E-state index contributed by atoms with van der Waals surface area (Å²) in [7, 11) is 1.54. The molecule has 0 bridgehead atoms. The number of aliphatic hydroxyl groups excluding tert-OH is 1. The van der Waals surface area contributed by atoms with Gasteiger partial charge in [0, 0.05) is 26.3 Å². The molecule has 1 aromatic rings. The molecule has 0 heterocycles. The van der Waals surface area contributed by atoms with Gasteiger partial charge in [0.25, 0.3) is 5.91 Å². The highest BCUT2D eigenvalue weighted by Crippen LogP contribution is 2.20. The van der Waals surface area contributed by atoms with Crippen LogP contribution < -0.4 is 0 Å².